The summed E-state index contributed by atoms with van der Waals surface area (Å²) >= 11 is 0. The van der Waals surface area contributed by atoms with Crippen LogP contribution in [-0.2, 0) is 0 Å². The van der Waals surface area contributed by atoms with Crippen molar-refractivity contribution < 1.29 is 9.84 Å². The summed E-state index contributed by atoms with van der Waals surface area (Å²) in [7, 11) is 0. The summed E-state index contributed by atoms with van der Waals surface area (Å²) in [5.41, 5.74) is 6.64. The van der Waals surface area contributed by atoms with Crippen LogP contribution in [-0.4, -0.2) is 23.9 Å². The fraction of sp³-hybridized carbons (Fsp3) is 0.571. The van der Waals surface area contributed by atoms with E-state index in [1.54, 1.807) is 0 Å². The molecular formula is C14H24N2O2. The number of nitrogen functional groups attached to an aromatic ring is 1. The first kappa shape index (κ1) is 14.6. The first-order valence-electron chi connectivity index (χ1n) is 6.47. The first-order chi connectivity index (χ1) is 8.48. The van der Waals surface area contributed by atoms with E-state index in [1.807, 2.05) is 32.0 Å². The van der Waals surface area contributed by atoms with Crippen LogP contribution in [0.1, 0.15) is 33.6 Å². The maximum Gasteiger partial charge on any atom is 0.144 e. The van der Waals surface area contributed by atoms with E-state index in [9.17, 15) is 5.11 Å². The second-order valence-corrected chi connectivity index (χ2v) is 4.79. The van der Waals surface area contributed by atoms with Gasteiger partial charge in [-0.25, -0.2) is 0 Å². The Kier molecular flexibility index (Phi) is 5.28. The van der Waals surface area contributed by atoms with E-state index >= 15 is 0 Å². The molecule has 0 aliphatic heterocycles. The Morgan fingerprint density at radius 3 is 2.72 bits per heavy atom. The monoisotopic (exact) mass is 252 g/mol. The molecule has 0 saturated carbocycles. The molecule has 0 saturated heterocycles. The lowest BCUT2D eigenvalue weighted by Gasteiger charge is -2.23. The van der Waals surface area contributed by atoms with Crippen molar-refractivity contribution in [1.82, 2.24) is 0 Å². The quantitative estimate of drug-likeness (QED) is 0.653. The van der Waals surface area contributed by atoms with Gasteiger partial charge in [-0.05, 0) is 32.4 Å². The van der Waals surface area contributed by atoms with E-state index in [0.29, 0.717) is 24.6 Å². The average molecular weight is 252 g/mol. The van der Waals surface area contributed by atoms with E-state index in [0.717, 1.165) is 18.5 Å². The summed E-state index contributed by atoms with van der Waals surface area (Å²) in [5, 5.41) is 13.3. The van der Waals surface area contributed by atoms with Crippen LogP contribution >= 0.6 is 0 Å². The molecule has 0 spiro atoms. The molecular weight excluding hydrogens is 228 g/mol. The van der Waals surface area contributed by atoms with Crippen molar-refractivity contribution in [2.45, 2.75) is 39.2 Å². The standard InChI is InChI=1S/C14H24N2O2/c1-4-8-14(3,17)10-16-11-6-7-12(15)13(9-11)18-5-2/h6-7,9,16-17H,4-5,8,10,15H2,1-3H3. The van der Waals surface area contributed by atoms with E-state index in [2.05, 4.69) is 12.2 Å². The number of hydrogen-bond acceptors (Lipinski definition) is 4. The third-order valence-corrected chi connectivity index (χ3v) is 2.78. The van der Waals surface area contributed by atoms with Gasteiger partial charge in [0.15, 0.2) is 0 Å². The molecule has 1 aromatic rings. The van der Waals surface area contributed by atoms with Gasteiger partial charge in [-0.2, -0.15) is 0 Å². The summed E-state index contributed by atoms with van der Waals surface area (Å²) in [4.78, 5) is 0. The van der Waals surface area contributed by atoms with Crippen molar-refractivity contribution in [2.24, 2.45) is 0 Å². The molecule has 0 radical (unpaired) electrons. The summed E-state index contributed by atoms with van der Waals surface area (Å²) in [6.07, 6.45) is 1.73. The van der Waals surface area contributed by atoms with Gasteiger partial charge in [-0.3, -0.25) is 0 Å². The second-order valence-electron chi connectivity index (χ2n) is 4.79. The lowest BCUT2D eigenvalue weighted by atomic mass is 10.0. The van der Waals surface area contributed by atoms with Gasteiger partial charge in [0.05, 0.1) is 17.9 Å². The molecule has 1 unspecified atom stereocenters. The number of nitrogens with two attached hydrogens (primary N) is 1. The van der Waals surface area contributed by atoms with E-state index in [1.165, 1.54) is 0 Å². The Bertz CT molecular complexity index is 378. The zero-order valence-electron chi connectivity index (χ0n) is 11.5. The molecule has 0 aliphatic carbocycles. The lowest BCUT2D eigenvalue weighted by molar-refractivity contribution is 0.0637. The summed E-state index contributed by atoms with van der Waals surface area (Å²) in [6, 6.07) is 5.56. The van der Waals surface area contributed by atoms with Gasteiger partial charge in [0.25, 0.3) is 0 Å². The van der Waals surface area contributed by atoms with Crippen molar-refractivity contribution in [3.63, 3.8) is 0 Å². The van der Waals surface area contributed by atoms with Gasteiger partial charge in [-0.1, -0.05) is 13.3 Å². The van der Waals surface area contributed by atoms with Gasteiger partial charge in [0.2, 0.25) is 0 Å². The average Bonchev–Trinajstić information content (AvgIpc) is 2.30. The highest BCUT2D eigenvalue weighted by Gasteiger charge is 2.18. The van der Waals surface area contributed by atoms with Gasteiger partial charge in [0, 0.05) is 18.3 Å². The Hall–Kier alpha value is -1.42. The van der Waals surface area contributed by atoms with E-state index < -0.39 is 5.60 Å². The molecule has 4 heteroatoms. The molecule has 4 nitrogen and oxygen atoms in total. The molecule has 1 atom stereocenters. The highest BCUT2D eigenvalue weighted by Crippen LogP contribution is 2.26. The minimum absolute atomic E-state index is 0.510. The fourth-order valence-corrected chi connectivity index (χ4v) is 1.84. The Labute approximate surface area is 109 Å². The molecule has 0 heterocycles. The molecule has 18 heavy (non-hydrogen) atoms. The normalized spacial score (nSPS) is 14.0. The van der Waals surface area contributed by atoms with Crippen LogP contribution in [0.15, 0.2) is 18.2 Å². The number of aliphatic hydroxyl groups is 1. The van der Waals surface area contributed by atoms with Crippen molar-refractivity contribution in [1.29, 1.82) is 0 Å². The van der Waals surface area contributed by atoms with Gasteiger partial charge < -0.3 is 20.9 Å². The Balaban J connectivity index is 2.65. The van der Waals surface area contributed by atoms with Crippen LogP contribution in [0.2, 0.25) is 0 Å². The number of anilines is 2. The van der Waals surface area contributed by atoms with Crippen LogP contribution in [0.3, 0.4) is 0 Å². The third kappa shape index (κ3) is 4.45. The number of benzene rings is 1. The second kappa shape index (κ2) is 6.50. The summed E-state index contributed by atoms with van der Waals surface area (Å²) in [6.45, 7) is 6.91. The highest BCUT2D eigenvalue weighted by molar-refractivity contribution is 5.61. The maximum absolute atomic E-state index is 10.1. The van der Waals surface area contributed by atoms with E-state index in [-0.39, 0.29) is 0 Å². The maximum atomic E-state index is 10.1. The van der Waals surface area contributed by atoms with Gasteiger partial charge in [-0.15, -0.1) is 0 Å². The zero-order chi connectivity index (χ0) is 13.6. The van der Waals surface area contributed by atoms with Crippen LogP contribution < -0.4 is 15.8 Å². The number of rotatable bonds is 7. The Morgan fingerprint density at radius 2 is 2.11 bits per heavy atom. The SMILES string of the molecule is CCCC(C)(O)CNc1ccc(N)c(OCC)c1. The van der Waals surface area contributed by atoms with Crippen molar-refractivity contribution in [2.75, 3.05) is 24.2 Å². The molecule has 1 aromatic carbocycles. The Morgan fingerprint density at radius 1 is 1.39 bits per heavy atom. The van der Waals surface area contributed by atoms with Crippen molar-refractivity contribution in [3.8, 4) is 5.75 Å². The highest BCUT2D eigenvalue weighted by atomic mass is 16.5. The smallest absolute Gasteiger partial charge is 0.144 e. The van der Waals surface area contributed by atoms with Crippen molar-refractivity contribution >= 4 is 11.4 Å². The number of hydrogen-bond donors (Lipinski definition) is 3. The predicted octanol–water partition coefficient (Wildman–Crippen LogP) is 2.63. The van der Waals surface area contributed by atoms with Crippen LogP contribution in [0, 0.1) is 0 Å². The molecule has 0 fully saturated rings. The lowest BCUT2D eigenvalue weighted by Crippen LogP contribution is -2.33. The molecule has 102 valence electrons. The van der Waals surface area contributed by atoms with Crippen LogP contribution in [0.4, 0.5) is 11.4 Å². The third-order valence-electron chi connectivity index (χ3n) is 2.78. The van der Waals surface area contributed by atoms with Crippen LogP contribution in [0.25, 0.3) is 0 Å². The van der Waals surface area contributed by atoms with Crippen LogP contribution in [0.5, 0.6) is 5.75 Å². The van der Waals surface area contributed by atoms with Gasteiger partial charge >= 0.3 is 0 Å². The molecule has 4 N–H and O–H groups in total. The zero-order valence-corrected chi connectivity index (χ0v) is 11.5. The fourth-order valence-electron chi connectivity index (χ4n) is 1.84. The molecule has 0 amide bonds. The largest absolute Gasteiger partial charge is 0.492 e. The molecule has 0 bridgehead atoms. The molecule has 0 aromatic heterocycles. The van der Waals surface area contributed by atoms with Crippen molar-refractivity contribution in [3.05, 3.63) is 18.2 Å². The molecule has 1 rings (SSSR count). The minimum atomic E-state index is -0.693. The predicted molar refractivity (Wildman–Crippen MR) is 76.0 cm³/mol. The molecule has 0 aliphatic rings. The number of ether oxygens (including phenoxy) is 1. The van der Waals surface area contributed by atoms with Gasteiger partial charge in [0.1, 0.15) is 5.75 Å². The summed E-state index contributed by atoms with van der Waals surface area (Å²) < 4.78 is 5.43. The number of nitrogens with one attached hydrogen (secondary N) is 1. The first-order valence-corrected chi connectivity index (χ1v) is 6.47. The topological polar surface area (TPSA) is 67.5 Å². The summed E-state index contributed by atoms with van der Waals surface area (Å²) in [5.74, 6) is 0.678. The minimum Gasteiger partial charge on any atom is -0.492 e. The van der Waals surface area contributed by atoms with E-state index in [4.69, 9.17) is 10.5 Å².